The number of ether oxygens (including phenoxy) is 1. The number of benzodiazepines with no additional fused rings is 1. The zero-order valence-corrected chi connectivity index (χ0v) is 15.9. The molecule has 26 heavy (non-hydrogen) atoms. The molecular formula is C17H14BrClF2N4O. The number of methoxy groups -OCH3 is 1. The van der Waals surface area contributed by atoms with Gasteiger partial charge in [0.1, 0.15) is 17.7 Å². The van der Waals surface area contributed by atoms with Gasteiger partial charge in [-0.3, -0.25) is 4.99 Å². The van der Waals surface area contributed by atoms with Crippen LogP contribution in [0.4, 0.5) is 14.5 Å². The minimum Gasteiger partial charge on any atom is -0.382 e. The Morgan fingerprint density at radius 1 is 1.27 bits per heavy atom. The number of anilines is 1. The molecule has 0 bridgehead atoms. The second kappa shape index (κ2) is 7.69. The monoisotopic (exact) mass is 442 g/mol. The summed E-state index contributed by atoms with van der Waals surface area (Å²) in [5.74, 6) is 4.25. The van der Waals surface area contributed by atoms with E-state index in [-0.39, 0.29) is 22.9 Å². The second-order valence-electron chi connectivity index (χ2n) is 5.47. The molecule has 3 rings (SSSR count). The van der Waals surface area contributed by atoms with Gasteiger partial charge in [-0.25, -0.2) is 8.78 Å². The Hall–Kier alpha value is -2.03. The van der Waals surface area contributed by atoms with Crippen molar-refractivity contribution in [2.24, 2.45) is 15.9 Å². The van der Waals surface area contributed by atoms with Gasteiger partial charge in [0.2, 0.25) is 0 Å². The summed E-state index contributed by atoms with van der Waals surface area (Å²) in [6.07, 6.45) is 0. The third kappa shape index (κ3) is 3.32. The van der Waals surface area contributed by atoms with E-state index in [2.05, 4.69) is 31.3 Å². The fourth-order valence-corrected chi connectivity index (χ4v) is 3.28. The van der Waals surface area contributed by atoms with Gasteiger partial charge in [-0.05, 0) is 40.2 Å². The molecule has 0 aromatic heterocycles. The lowest BCUT2D eigenvalue weighted by Gasteiger charge is -2.14. The molecule has 2 aromatic carbocycles. The lowest BCUT2D eigenvalue weighted by molar-refractivity contribution is 0.196. The summed E-state index contributed by atoms with van der Waals surface area (Å²) in [4.78, 5) is 4.49. The molecule has 0 amide bonds. The minimum atomic E-state index is -0.755. The number of benzene rings is 2. The third-order valence-corrected chi connectivity index (χ3v) is 5.14. The van der Waals surface area contributed by atoms with Gasteiger partial charge in [0.05, 0.1) is 28.6 Å². The van der Waals surface area contributed by atoms with Crippen molar-refractivity contribution in [1.82, 2.24) is 0 Å². The molecule has 0 saturated heterocycles. The first-order valence-corrected chi connectivity index (χ1v) is 8.69. The van der Waals surface area contributed by atoms with Gasteiger partial charge in [0.15, 0.2) is 5.84 Å². The Bertz CT molecular complexity index is 900. The molecule has 0 spiro atoms. The highest BCUT2D eigenvalue weighted by Crippen LogP contribution is 2.36. The third-order valence-electron chi connectivity index (χ3n) is 3.86. The predicted molar refractivity (Wildman–Crippen MR) is 102 cm³/mol. The van der Waals surface area contributed by atoms with Crippen molar-refractivity contribution in [3.05, 3.63) is 62.6 Å². The highest BCUT2D eigenvalue weighted by molar-refractivity contribution is 9.10. The first-order chi connectivity index (χ1) is 12.5. The van der Waals surface area contributed by atoms with Crippen molar-refractivity contribution >= 4 is 44.8 Å². The number of aliphatic imine (C=N–C) groups is 1. The SMILES string of the molecule is COCC1N=C(c2c(F)cccc2F)c2c(ccc(Br)c2Cl)NC1=NN. The van der Waals surface area contributed by atoms with Crippen LogP contribution in [0.15, 0.2) is 44.9 Å². The normalized spacial score (nSPS) is 18.1. The predicted octanol–water partition coefficient (Wildman–Crippen LogP) is 3.93. The molecular weight excluding hydrogens is 430 g/mol. The number of hydrazone groups is 1. The van der Waals surface area contributed by atoms with Crippen LogP contribution < -0.4 is 11.2 Å². The van der Waals surface area contributed by atoms with Crippen LogP contribution in [0.25, 0.3) is 0 Å². The average Bonchev–Trinajstić information content (AvgIpc) is 2.76. The van der Waals surface area contributed by atoms with Crippen LogP contribution in [0.2, 0.25) is 5.02 Å². The summed E-state index contributed by atoms with van der Waals surface area (Å²) in [5.41, 5.74) is 0.581. The quantitative estimate of drug-likeness (QED) is 0.558. The van der Waals surface area contributed by atoms with E-state index in [0.29, 0.717) is 21.6 Å². The smallest absolute Gasteiger partial charge is 0.153 e. The zero-order chi connectivity index (χ0) is 18.8. The van der Waals surface area contributed by atoms with Crippen LogP contribution in [0.1, 0.15) is 11.1 Å². The molecule has 1 aliphatic heterocycles. The van der Waals surface area contributed by atoms with E-state index in [4.69, 9.17) is 22.2 Å². The number of nitrogens with zero attached hydrogens (tertiary/aromatic N) is 2. The minimum absolute atomic E-state index is 0.0510. The van der Waals surface area contributed by atoms with Crippen LogP contribution in [0.5, 0.6) is 0 Å². The Kier molecular flexibility index (Phi) is 5.55. The lowest BCUT2D eigenvalue weighted by atomic mass is 9.99. The first-order valence-electron chi connectivity index (χ1n) is 7.52. The number of nitrogens with two attached hydrogens (primary N) is 1. The Balaban J connectivity index is 2.36. The van der Waals surface area contributed by atoms with Gasteiger partial charge in [0, 0.05) is 17.1 Å². The summed E-state index contributed by atoms with van der Waals surface area (Å²) < 4.78 is 34.7. The Labute approximate surface area is 162 Å². The summed E-state index contributed by atoms with van der Waals surface area (Å²) >= 11 is 9.77. The molecule has 3 N–H and O–H groups in total. The second-order valence-corrected chi connectivity index (χ2v) is 6.70. The van der Waals surface area contributed by atoms with Crippen molar-refractivity contribution in [3.8, 4) is 0 Å². The molecule has 1 unspecified atom stereocenters. The van der Waals surface area contributed by atoms with Crippen LogP contribution in [-0.2, 0) is 4.74 Å². The molecule has 1 aliphatic rings. The van der Waals surface area contributed by atoms with E-state index in [1.54, 1.807) is 12.1 Å². The molecule has 2 aromatic rings. The number of hydrogen-bond acceptors (Lipinski definition) is 4. The average molecular weight is 444 g/mol. The van der Waals surface area contributed by atoms with Gasteiger partial charge in [0.25, 0.3) is 0 Å². The van der Waals surface area contributed by atoms with E-state index in [9.17, 15) is 8.78 Å². The molecule has 9 heteroatoms. The maximum Gasteiger partial charge on any atom is 0.153 e. The molecule has 136 valence electrons. The standard InChI is InChI=1S/C17H14BrClF2N4O/c1-26-7-12-17(25-22)24-11-6-5-8(18)15(19)14(11)16(23-12)13-9(20)3-2-4-10(13)21/h2-6,12H,7,22H2,1H3,(H,24,25). The highest BCUT2D eigenvalue weighted by Gasteiger charge is 2.29. The van der Waals surface area contributed by atoms with E-state index in [0.717, 1.165) is 12.1 Å². The number of amidine groups is 1. The van der Waals surface area contributed by atoms with Crippen molar-refractivity contribution < 1.29 is 13.5 Å². The van der Waals surface area contributed by atoms with Crippen molar-refractivity contribution in [3.63, 3.8) is 0 Å². The van der Waals surface area contributed by atoms with Crippen LogP contribution in [0, 0.1) is 11.6 Å². The fraction of sp³-hybridized carbons (Fsp3) is 0.176. The summed E-state index contributed by atoms with van der Waals surface area (Å²) in [7, 11) is 1.48. The lowest BCUT2D eigenvalue weighted by Crippen LogP contribution is -2.31. The van der Waals surface area contributed by atoms with Gasteiger partial charge in [-0.1, -0.05) is 17.7 Å². The number of fused-ring (bicyclic) bond motifs is 1. The van der Waals surface area contributed by atoms with Crippen LogP contribution in [0.3, 0.4) is 0 Å². The summed E-state index contributed by atoms with van der Waals surface area (Å²) in [5, 5.41) is 6.99. The van der Waals surface area contributed by atoms with Crippen molar-refractivity contribution in [2.75, 3.05) is 19.0 Å². The zero-order valence-electron chi connectivity index (χ0n) is 13.6. The van der Waals surface area contributed by atoms with Gasteiger partial charge in [-0.15, -0.1) is 0 Å². The van der Waals surface area contributed by atoms with Gasteiger partial charge >= 0.3 is 0 Å². The number of rotatable bonds is 3. The van der Waals surface area contributed by atoms with E-state index in [1.165, 1.54) is 13.2 Å². The molecule has 0 radical (unpaired) electrons. The molecule has 1 heterocycles. The Morgan fingerprint density at radius 3 is 2.58 bits per heavy atom. The van der Waals surface area contributed by atoms with Gasteiger partial charge in [-0.2, -0.15) is 5.10 Å². The largest absolute Gasteiger partial charge is 0.382 e. The molecule has 0 fully saturated rings. The number of halogens is 4. The maximum absolute atomic E-state index is 14.5. The Morgan fingerprint density at radius 2 is 1.96 bits per heavy atom. The molecule has 1 atom stereocenters. The summed E-state index contributed by atoms with van der Waals surface area (Å²) in [6, 6.07) is 6.31. The van der Waals surface area contributed by atoms with Crippen LogP contribution in [-0.4, -0.2) is 31.3 Å². The topological polar surface area (TPSA) is 72.0 Å². The molecule has 0 aliphatic carbocycles. The number of hydrogen-bond donors (Lipinski definition) is 2. The summed E-state index contributed by atoms with van der Waals surface area (Å²) in [6.45, 7) is 0.107. The van der Waals surface area contributed by atoms with E-state index < -0.39 is 17.7 Å². The van der Waals surface area contributed by atoms with E-state index in [1.807, 2.05) is 0 Å². The highest BCUT2D eigenvalue weighted by atomic mass is 79.9. The van der Waals surface area contributed by atoms with Crippen LogP contribution >= 0.6 is 27.5 Å². The first kappa shape index (κ1) is 18.8. The van der Waals surface area contributed by atoms with Crippen molar-refractivity contribution in [1.29, 1.82) is 0 Å². The fourth-order valence-electron chi connectivity index (χ4n) is 2.70. The molecule has 0 saturated carbocycles. The molecule has 5 nitrogen and oxygen atoms in total. The number of nitrogens with one attached hydrogen (secondary N) is 1. The van der Waals surface area contributed by atoms with Crippen molar-refractivity contribution in [2.45, 2.75) is 6.04 Å². The van der Waals surface area contributed by atoms with E-state index >= 15 is 0 Å². The van der Waals surface area contributed by atoms with Gasteiger partial charge < -0.3 is 15.9 Å². The maximum atomic E-state index is 14.5.